The van der Waals surface area contributed by atoms with Gasteiger partial charge >= 0.3 is 0 Å². The Kier molecular flexibility index (Phi) is 4.15. The average Bonchev–Trinajstić information content (AvgIpc) is 2.44. The number of rotatable bonds is 2. The number of alkyl halides is 1. The molecular formula is C18H21Br. The molecule has 0 N–H and O–H groups in total. The molecule has 0 amide bonds. The molecule has 1 heteroatoms. The third kappa shape index (κ3) is 2.49. The lowest BCUT2D eigenvalue weighted by molar-refractivity contribution is 1.06. The topological polar surface area (TPSA) is 0 Å². The minimum atomic E-state index is 0.270. The van der Waals surface area contributed by atoms with E-state index in [2.05, 4.69) is 80.9 Å². The van der Waals surface area contributed by atoms with Gasteiger partial charge in [-0.05, 0) is 73.6 Å². The molecule has 0 radical (unpaired) electrons. The molecule has 0 bridgehead atoms. The molecule has 0 nitrogen and oxygen atoms in total. The molecule has 0 aromatic heterocycles. The van der Waals surface area contributed by atoms with E-state index in [4.69, 9.17) is 0 Å². The predicted molar refractivity (Wildman–Crippen MR) is 87.3 cm³/mol. The molecule has 0 heterocycles. The quantitative estimate of drug-likeness (QED) is 0.622. The van der Waals surface area contributed by atoms with Gasteiger partial charge < -0.3 is 0 Å². The summed E-state index contributed by atoms with van der Waals surface area (Å²) in [7, 11) is 0. The Morgan fingerprint density at radius 2 is 1.11 bits per heavy atom. The summed E-state index contributed by atoms with van der Waals surface area (Å²) in [5, 5.41) is 0. The van der Waals surface area contributed by atoms with Gasteiger partial charge in [0.25, 0.3) is 0 Å². The summed E-state index contributed by atoms with van der Waals surface area (Å²) in [5.41, 5.74) is 9.81. The van der Waals surface area contributed by atoms with Crippen molar-refractivity contribution in [2.24, 2.45) is 0 Å². The second kappa shape index (κ2) is 5.50. The number of benzene rings is 2. The fraction of sp³-hybridized carbons (Fsp3) is 0.333. The van der Waals surface area contributed by atoms with Crippen molar-refractivity contribution in [3.05, 3.63) is 69.3 Å². The molecule has 2 aromatic carbocycles. The van der Waals surface area contributed by atoms with E-state index in [-0.39, 0.29) is 4.83 Å². The predicted octanol–water partition coefficient (Wildman–Crippen LogP) is 5.71. The lowest BCUT2D eigenvalue weighted by Gasteiger charge is -2.22. The van der Waals surface area contributed by atoms with Crippen molar-refractivity contribution >= 4 is 15.9 Å². The van der Waals surface area contributed by atoms with Gasteiger partial charge in [-0.3, -0.25) is 0 Å². The molecule has 2 aromatic rings. The maximum Gasteiger partial charge on any atom is 0.0649 e. The van der Waals surface area contributed by atoms with Gasteiger partial charge in [-0.25, -0.2) is 0 Å². The van der Waals surface area contributed by atoms with Crippen LogP contribution in [0.5, 0.6) is 0 Å². The van der Waals surface area contributed by atoms with E-state index in [0.717, 1.165) is 0 Å². The Labute approximate surface area is 125 Å². The van der Waals surface area contributed by atoms with Gasteiger partial charge in [0, 0.05) is 0 Å². The molecule has 0 saturated heterocycles. The summed E-state index contributed by atoms with van der Waals surface area (Å²) in [4.78, 5) is 0.270. The first-order valence-corrected chi connectivity index (χ1v) is 7.62. The van der Waals surface area contributed by atoms with Crippen LogP contribution in [0, 0.1) is 34.6 Å². The van der Waals surface area contributed by atoms with Crippen molar-refractivity contribution < 1.29 is 0 Å². The zero-order valence-corrected chi connectivity index (χ0v) is 13.9. The summed E-state index contributed by atoms with van der Waals surface area (Å²) >= 11 is 3.89. The molecule has 1 atom stereocenters. The van der Waals surface area contributed by atoms with Crippen LogP contribution in [-0.2, 0) is 0 Å². The van der Waals surface area contributed by atoms with Crippen LogP contribution >= 0.6 is 15.9 Å². The van der Waals surface area contributed by atoms with E-state index in [1.165, 1.54) is 38.9 Å². The largest absolute Gasteiger partial charge is 0.0786 e. The smallest absolute Gasteiger partial charge is 0.0649 e. The third-order valence-electron chi connectivity index (χ3n) is 4.40. The van der Waals surface area contributed by atoms with Gasteiger partial charge in [-0.15, -0.1) is 0 Å². The van der Waals surface area contributed by atoms with E-state index in [1.807, 2.05) is 0 Å². The van der Waals surface area contributed by atoms with Crippen molar-refractivity contribution in [3.8, 4) is 0 Å². The van der Waals surface area contributed by atoms with Crippen molar-refractivity contribution in [1.29, 1.82) is 0 Å². The number of hydrogen-bond donors (Lipinski definition) is 0. The Bertz CT molecular complexity index is 568. The lowest BCUT2D eigenvalue weighted by atomic mass is 9.87. The van der Waals surface area contributed by atoms with E-state index < -0.39 is 0 Å². The summed E-state index contributed by atoms with van der Waals surface area (Å²) in [5.74, 6) is 0. The van der Waals surface area contributed by atoms with Crippen molar-refractivity contribution in [2.75, 3.05) is 0 Å². The second-order valence-electron chi connectivity index (χ2n) is 5.31. The molecule has 0 spiro atoms. The molecule has 0 aliphatic rings. The minimum Gasteiger partial charge on any atom is -0.0786 e. The van der Waals surface area contributed by atoms with Crippen LogP contribution in [0.3, 0.4) is 0 Å². The van der Waals surface area contributed by atoms with E-state index in [1.54, 1.807) is 0 Å². The highest BCUT2D eigenvalue weighted by Crippen LogP contribution is 2.38. The molecule has 0 aliphatic heterocycles. The van der Waals surface area contributed by atoms with Crippen molar-refractivity contribution in [1.82, 2.24) is 0 Å². The van der Waals surface area contributed by atoms with Crippen LogP contribution in [0.25, 0.3) is 0 Å². The fourth-order valence-corrected chi connectivity index (χ4v) is 3.69. The van der Waals surface area contributed by atoms with Gasteiger partial charge in [0.15, 0.2) is 0 Å². The second-order valence-corrected chi connectivity index (χ2v) is 6.23. The Balaban J connectivity index is 2.64. The Morgan fingerprint density at radius 3 is 1.58 bits per heavy atom. The van der Waals surface area contributed by atoms with Gasteiger partial charge in [0.2, 0.25) is 0 Å². The Morgan fingerprint density at radius 1 is 0.684 bits per heavy atom. The van der Waals surface area contributed by atoms with E-state index >= 15 is 0 Å². The molecule has 0 saturated carbocycles. The highest BCUT2D eigenvalue weighted by molar-refractivity contribution is 9.09. The zero-order chi connectivity index (χ0) is 14.2. The van der Waals surface area contributed by atoms with Gasteiger partial charge in [-0.2, -0.15) is 0 Å². The molecular weight excluding hydrogens is 296 g/mol. The van der Waals surface area contributed by atoms with E-state index in [0.29, 0.717) is 0 Å². The van der Waals surface area contributed by atoms with Crippen LogP contribution < -0.4 is 0 Å². The monoisotopic (exact) mass is 316 g/mol. The van der Waals surface area contributed by atoms with Crippen LogP contribution in [0.2, 0.25) is 0 Å². The normalized spacial score (nSPS) is 12.5. The molecule has 1 unspecified atom stereocenters. The van der Waals surface area contributed by atoms with E-state index in [9.17, 15) is 0 Å². The summed E-state index contributed by atoms with van der Waals surface area (Å²) in [6.45, 7) is 11.2. The van der Waals surface area contributed by atoms with Crippen LogP contribution in [-0.4, -0.2) is 0 Å². The van der Waals surface area contributed by atoms with Crippen LogP contribution in [0.4, 0.5) is 0 Å². The maximum absolute atomic E-state index is 3.89. The van der Waals surface area contributed by atoms with Crippen molar-refractivity contribution in [2.45, 2.75) is 39.4 Å². The number of halogens is 1. The fourth-order valence-electron chi connectivity index (χ4n) is 2.70. The summed E-state index contributed by atoms with van der Waals surface area (Å²) in [6.07, 6.45) is 0. The molecule has 0 aliphatic carbocycles. The average molecular weight is 317 g/mol. The van der Waals surface area contributed by atoms with Crippen LogP contribution in [0.1, 0.15) is 43.8 Å². The zero-order valence-electron chi connectivity index (χ0n) is 12.3. The Hall–Kier alpha value is -1.08. The first-order valence-electron chi connectivity index (χ1n) is 6.71. The maximum atomic E-state index is 3.89. The lowest BCUT2D eigenvalue weighted by Crippen LogP contribution is -2.05. The third-order valence-corrected chi connectivity index (χ3v) is 5.39. The molecule has 0 fully saturated rings. The molecule has 19 heavy (non-hydrogen) atoms. The molecule has 100 valence electrons. The summed E-state index contributed by atoms with van der Waals surface area (Å²) < 4.78 is 0. The number of hydrogen-bond acceptors (Lipinski definition) is 0. The first kappa shape index (κ1) is 14.3. The first-order chi connectivity index (χ1) is 8.95. The standard InChI is InChI=1S/C18H21Br/c1-11-12(2)14(4)17(15(5)13(11)3)18(19)16-9-7-6-8-10-16/h6-10,18H,1-5H3. The van der Waals surface area contributed by atoms with Gasteiger partial charge in [0.05, 0.1) is 4.83 Å². The highest BCUT2D eigenvalue weighted by atomic mass is 79.9. The summed E-state index contributed by atoms with van der Waals surface area (Å²) in [6, 6.07) is 10.6. The SMILES string of the molecule is Cc1c(C)c(C)c(C(Br)c2ccccc2)c(C)c1C. The minimum absolute atomic E-state index is 0.270. The van der Waals surface area contributed by atoms with Crippen LogP contribution in [0.15, 0.2) is 30.3 Å². The highest BCUT2D eigenvalue weighted by Gasteiger charge is 2.19. The van der Waals surface area contributed by atoms with Gasteiger partial charge in [-0.1, -0.05) is 46.3 Å². The molecule has 2 rings (SSSR count). The van der Waals surface area contributed by atoms with Crippen molar-refractivity contribution in [3.63, 3.8) is 0 Å². The van der Waals surface area contributed by atoms with Gasteiger partial charge in [0.1, 0.15) is 0 Å².